The molecule has 1 rings (SSSR count). The molecule has 0 unspecified atom stereocenters. The first-order valence-electron chi connectivity index (χ1n) is 7.05. The van der Waals surface area contributed by atoms with Crippen LogP contribution in [0.4, 0.5) is 15.3 Å². The minimum absolute atomic E-state index is 0.0125. The predicted molar refractivity (Wildman–Crippen MR) is 83.9 cm³/mol. The Morgan fingerprint density at radius 1 is 1.09 bits per heavy atom. The first-order valence-corrected chi connectivity index (χ1v) is 7.05. The van der Waals surface area contributed by atoms with Gasteiger partial charge in [0.1, 0.15) is 17.3 Å². The number of carbonyl (C=O) groups excluding carboxylic acids is 2. The standard InChI is InChI=1S/C16H21N3O4/c1-15(2,3)22-13(20)19(14(21)23-16(4,5)6)12-10-18-8-7-11(12)9-17/h7-8,10H,1-6H3. The van der Waals surface area contributed by atoms with E-state index in [1.165, 1.54) is 18.5 Å². The van der Waals surface area contributed by atoms with Crippen molar-refractivity contribution in [1.82, 2.24) is 4.98 Å². The van der Waals surface area contributed by atoms with E-state index in [0.29, 0.717) is 4.90 Å². The summed E-state index contributed by atoms with van der Waals surface area (Å²) in [5.74, 6) is 0. The molecule has 0 spiro atoms. The van der Waals surface area contributed by atoms with Gasteiger partial charge < -0.3 is 9.47 Å². The van der Waals surface area contributed by atoms with Crippen LogP contribution >= 0.6 is 0 Å². The molecule has 0 saturated carbocycles. The monoisotopic (exact) mass is 319 g/mol. The van der Waals surface area contributed by atoms with E-state index in [9.17, 15) is 14.9 Å². The molecule has 0 saturated heterocycles. The zero-order chi connectivity index (χ0) is 17.8. The maximum atomic E-state index is 12.4. The summed E-state index contributed by atoms with van der Waals surface area (Å²) in [5.41, 5.74) is -1.51. The Morgan fingerprint density at radius 2 is 1.57 bits per heavy atom. The number of rotatable bonds is 1. The Labute approximate surface area is 135 Å². The Bertz CT molecular complexity index is 608. The van der Waals surface area contributed by atoms with Gasteiger partial charge >= 0.3 is 12.2 Å². The Hall–Kier alpha value is -2.62. The lowest BCUT2D eigenvalue weighted by Gasteiger charge is -2.28. The van der Waals surface area contributed by atoms with Crippen LogP contribution in [0.15, 0.2) is 18.5 Å². The third-order valence-corrected chi connectivity index (χ3v) is 2.31. The molecule has 0 aromatic carbocycles. The highest BCUT2D eigenvalue weighted by molar-refractivity contribution is 6.10. The molecule has 2 amide bonds. The lowest BCUT2D eigenvalue weighted by atomic mass is 10.2. The summed E-state index contributed by atoms with van der Waals surface area (Å²) in [6.45, 7) is 10.0. The van der Waals surface area contributed by atoms with Crippen molar-refractivity contribution in [3.63, 3.8) is 0 Å². The van der Waals surface area contributed by atoms with E-state index in [2.05, 4.69) is 4.98 Å². The number of nitriles is 1. The van der Waals surface area contributed by atoms with E-state index in [1.54, 1.807) is 41.5 Å². The second-order valence-electron chi connectivity index (χ2n) is 6.80. The molecule has 0 atom stereocenters. The minimum atomic E-state index is -0.934. The molecule has 0 bridgehead atoms. The van der Waals surface area contributed by atoms with Gasteiger partial charge in [0, 0.05) is 6.20 Å². The molecule has 1 aromatic heterocycles. The van der Waals surface area contributed by atoms with Crippen LogP contribution in [-0.4, -0.2) is 28.4 Å². The number of hydrogen-bond acceptors (Lipinski definition) is 6. The molecular formula is C16H21N3O4. The lowest BCUT2D eigenvalue weighted by molar-refractivity contribution is 0.0430. The maximum Gasteiger partial charge on any atom is 0.424 e. The summed E-state index contributed by atoms with van der Waals surface area (Å²) in [7, 11) is 0. The summed E-state index contributed by atoms with van der Waals surface area (Å²) in [6.07, 6.45) is 0.768. The van der Waals surface area contributed by atoms with Gasteiger partial charge in [-0.05, 0) is 47.6 Å². The Kier molecular flexibility index (Phi) is 5.33. The Balaban J connectivity index is 3.29. The van der Waals surface area contributed by atoms with Gasteiger partial charge in [-0.15, -0.1) is 0 Å². The molecule has 1 heterocycles. The maximum absolute atomic E-state index is 12.4. The molecule has 0 aliphatic carbocycles. The van der Waals surface area contributed by atoms with Crippen LogP contribution in [-0.2, 0) is 9.47 Å². The van der Waals surface area contributed by atoms with Gasteiger partial charge in [0.05, 0.1) is 17.4 Å². The highest BCUT2D eigenvalue weighted by atomic mass is 16.6. The summed E-state index contributed by atoms with van der Waals surface area (Å²) in [5, 5.41) is 9.19. The third kappa shape index (κ3) is 5.58. The average Bonchev–Trinajstić information content (AvgIpc) is 2.35. The topological polar surface area (TPSA) is 92.5 Å². The van der Waals surface area contributed by atoms with Crippen molar-refractivity contribution < 1.29 is 19.1 Å². The normalized spacial score (nSPS) is 11.3. The summed E-state index contributed by atoms with van der Waals surface area (Å²) in [6, 6.07) is 3.31. The van der Waals surface area contributed by atoms with Crippen molar-refractivity contribution in [3.8, 4) is 6.07 Å². The number of carbonyl (C=O) groups is 2. The van der Waals surface area contributed by atoms with E-state index < -0.39 is 23.4 Å². The van der Waals surface area contributed by atoms with E-state index in [4.69, 9.17) is 9.47 Å². The van der Waals surface area contributed by atoms with E-state index in [1.807, 2.05) is 6.07 Å². The van der Waals surface area contributed by atoms with Gasteiger partial charge in [0.2, 0.25) is 0 Å². The first kappa shape index (κ1) is 18.4. The van der Waals surface area contributed by atoms with Crippen molar-refractivity contribution in [2.75, 3.05) is 4.90 Å². The zero-order valence-electron chi connectivity index (χ0n) is 14.2. The number of ether oxygens (including phenoxy) is 2. The van der Waals surface area contributed by atoms with E-state index >= 15 is 0 Å². The van der Waals surface area contributed by atoms with Crippen LogP contribution < -0.4 is 4.90 Å². The highest BCUT2D eigenvalue weighted by Crippen LogP contribution is 2.24. The van der Waals surface area contributed by atoms with E-state index in [-0.39, 0.29) is 11.3 Å². The average molecular weight is 319 g/mol. The van der Waals surface area contributed by atoms with Crippen LogP contribution in [0.2, 0.25) is 0 Å². The van der Waals surface area contributed by atoms with Crippen LogP contribution in [0, 0.1) is 11.3 Å². The molecule has 124 valence electrons. The molecule has 0 fully saturated rings. The smallest absolute Gasteiger partial charge is 0.424 e. The van der Waals surface area contributed by atoms with Crippen molar-refractivity contribution in [2.24, 2.45) is 0 Å². The fraction of sp³-hybridized carbons (Fsp3) is 0.500. The molecule has 0 radical (unpaired) electrons. The van der Waals surface area contributed by atoms with Crippen LogP contribution in [0.25, 0.3) is 0 Å². The number of imide groups is 1. The number of anilines is 1. The fourth-order valence-electron chi connectivity index (χ4n) is 1.55. The zero-order valence-corrected chi connectivity index (χ0v) is 14.2. The quantitative estimate of drug-likeness (QED) is 0.784. The summed E-state index contributed by atoms with van der Waals surface area (Å²) >= 11 is 0. The number of pyridine rings is 1. The lowest BCUT2D eigenvalue weighted by Crippen LogP contribution is -2.44. The SMILES string of the molecule is CC(C)(C)OC(=O)N(C(=O)OC(C)(C)C)c1cnccc1C#N. The van der Waals surface area contributed by atoms with Crippen LogP contribution in [0.1, 0.15) is 47.1 Å². The third-order valence-electron chi connectivity index (χ3n) is 2.31. The van der Waals surface area contributed by atoms with Gasteiger partial charge in [0.15, 0.2) is 0 Å². The molecular weight excluding hydrogens is 298 g/mol. The summed E-state index contributed by atoms with van der Waals surface area (Å²) < 4.78 is 10.5. The van der Waals surface area contributed by atoms with Crippen LogP contribution in [0.5, 0.6) is 0 Å². The second-order valence-corrected chi connectivity index (χ2v) is 6.80. The molecule has 0 aliphatic rings. The molecule has 0 aliphatic heterocycles. The molecule has 23 heavy (non-hydrogen) atoms. The van der Waals surface area contributed by atoms with Crippen molar-refractivity contribution in [1.29, 1.82) is 5.26 Å². The fourth-order valence-corrected chi connectivity index (χ4v) is 1.55. The van der Waals surface area contributed by atoms with Gasteiger partial charge in [-0.2, -0.15) is 10.2 Å². The minimum Gasteiger partial charge on any atom is -0.443 e. The molecule has 7 heteroatoms. The van der Waals surface area contributed by atoms with Gasteiger partial charge in [-0.25, -0.2) is 9.59 Å². The van der Waals surface area contributed by atoms with Crippen molar-refractivity contribution >= 4 is 17.9 Å². The first-order chi connectivity index (χ1) is 10.4. The van der Waals surface area contributed by atoms with Gasteiger partial charge in [-0.1, -0.05) is 0 Å². The number of hydrogen-bond donors (Lipinski definition) is 0. The Morgan fingerprint density at radius 3 is 1.96 bits per heavy atom. The largest absolute Gasteiger partial charge is 0.443 e. The second kappa shape index (κ2) is 6.65. The highest BCUT2D eigenvalue weighted by Gasteiger charge is 2.34. The summed E-state index contributed by atoms with van der Waals surface area (Å²) in [4.78, 5) is 29.4. The van der Waals surface area contributed by atoms with E-state index in [0.717, 1.165) is 0 Å². The molecule has 0 N–H and O–H groups in total. The molecule has 1 aromatic rings. The number of aromatic nitrogens is 1. The number of amides is 2. The van der Waals surface area contributed by atoms with Crippen molar-refractivity contribution in [3.05, 3.63) is 24.0 Å². The number of nitrogens with zero attached hydrogens (tertiary/aromatic N) is 3. The van der Waals surface area contributed by atoms with Gasteiger partial charge in [-0.3, -0.25) is 4.98 Å². The molecule has 7 nitrogen and oxygen atoms in total. The van der Waals surface area contributed by atoms with Gasteiger partial charge in [0.25, 0.3) is 0 Å². The predicted octanol–water partition coefficient (Wildman–Crippen LogP) is 3.63. The van der Waals surface area contributed by atoms with Crippen molar-refractivity contribution in [2.45, 2.75) is 52.7 Å². The van der Waals surface area contributed by atoms with Crippen LogP contribution in [0.3, 0.4) is 0 Å².